The maximum Gasteiger partial charge on any atom is 0.246 e. The van der Waals surface area contributed by atoms with Crippen LogP contribution in [0.2, 0.25) is 0 Å². The van der Waals surface area contributed by atoms with Crippen LogP contribution in [0.4, 0.5) is 5.69 Å². The van der Waals surface area contributed by atoms with Gasteiger partial charge in [-0.05, 0) is 30.2 Å². The highest BCUT2D eigenvalue weighted by Gasteiger charge is 2.25. The van der Waals surface area contributed by atoms with Gasteiger partial charge in [0.2, 0.25) is 11.8 Å². The molecular formula is C20H29N3O2. The summed E-state index contributed by atoms with van der Waals surface area (Å²) in [6.45, 7) is 13.5. The van der Waals surface area contributed by atoms with Crippen molar-refractivity contribution in [2.45, 2.75) is 33.7 Å². The molecule has 1 aliphatic rings. The lowest BCUT2D eigenvalue weighted by Crippen LogP contribution is -2.47. The number of piperazine rings is 1. The average Bonchev–Trinajstić information content (AvgIpc) is 2.63. The number of amides is 2. The average molecular weight is 343 g/mol. The zero-order valence-electron chi connectivity index (χ0n) is 15.5. The van der Waals surface area contributed by atoms with E-state index in [4.69, 9.17) is 0 Å². The Morgan fingerprint density at radius 2 is 1.76 bits per heavy atom. The molecule has 0 aliphatic carbocycles. The summed E-state index contributed by atoms with van der Waals surface area (Å²) in [6.07, 6.45) is 2.18. The van der Waals surface area contributed by atoms with Crippen molar-refractivity contribution in [1.82, 2.24) is 9.80 Å². The predicted octanol–water partition coefficient (Wildman–Crippen LogP) is 2.89. The van der Waals surface area contributed by atoms with Crippen LogP contribution in [-0.4, -0.2) is 47.8 Å². The van der Waals surface area contributed by atoms with Crippen LogP contribution in [-0.2, 0) is 16.1 Å². The van der Waals surface area contributed by atoms with Gasteiger partial charge in [0.05, 0.1) is 0 Å². The Bertz CT molecular complexity index is 614. The molecule has 0 aromatic heterocycles. The molecule has 1 aliphatic heterocycles. The maximum atomic E-state index is 12.2. The first kappa shape index (κ1) is 19.2. The molecule has 0 spiro atoms. The van der Waals surface area contributed by atoms with Crippen LogP contribution in [0, 0.1) is 5.41 Å². The van der Waals surface area contributed by atoms with Crippen LogP contribution < -0.4 is 5.32 Å². The van der Waals surface area contributed by atoms with Gasteiger partial charge in [-0.25, -0.2) is 0 Å². The van der Waals surface area contributed by atoms with Gasteiger partial charge in [-0.1, -0.05) is 39.5 Å². The summed E-state index contributed by atoms with van der Waals surface area (Å²) < 4.78 is 0. The van der Waals surface area contributed by atoms with Crippen molar-refractivity contribution < 1.29 is 9.59 Å². The molecule has 1 aromatic carbocycles. The molecule has 0 unspecified atom stereocenters. The van der Waals surface area contributed by atoms with Crippen LogP contribution in [0.5, 0.6) is 0 Å². The second kappa shape index (κ2) is 8.30. The van der Waals surface area contributed by atoms with E-state index in [1.165, 1.54) is 11.6 Å². The molecule has 0 radical (unpaired) electrons. The van der Waals surface area contributed by atoms with E-state index < -0.39 is 0 Å². The monoisotopic (exact) mass is 343 g/mol. The van der Waals surface area contributed by atoms with E-state index in [0.717, 1.165) is 44.8 Å². The highest BCUT2D eigenvalue weighted by atomic mass is 16.2. The fourth-order valence-electron chi connectivity index (χ4n) is 2.67. The normalized spacial score (nSPS) is 15.7. The van der Waals surface area contributed by atoms with E-state index in [1.54, 1.807) is 0 Å². The van der Waals surface area contributed by atoms with Gasteiger partial charge in [0.25, 0.3) is 0 Å². The number of nitrogens with one attached hydrogen (secondary N) is 1. The number of benzene rings is 1. The molecule has 0 atom stereocenters. The fourth-order valence-corrected chi connectivity index (χ4v) is 2.67. The van der Waals surface area contributed by atoms with Gasteiger partial charge in [0, 0.05) is 43.8 Å². The molecule has 2 rings (SSSR count). The van der Waals surface area contributed by atoms with Crippen molar-refractivity contribution in [3.05, 3.63) is 42.5 Å². The molecular weight excluding hydrogens is 314 g/mol. The summed E-state index contributed by atoms with van der Waals surface area (Å²) in [7, 11) is 0. The van der Waals surface area contributed by atoms with Gasteiger partial charge in [0.1, 0.15) is 0 Å². The summed E-state index contributed by atoms with van der Waals surface area (Å²) in [4.78, 5) is 28.0. The first-order chi connectivity index (χ1) is 11.9. The number of nitrogens with zero attached hydrogens (tertiary/aromatic N) is 2. The van der Waals surface area contributed by atoms with Crippen molar-refractivity contribution in [3.63, 3.8) is 0 Å². The molecule has 1 aromatic rings. The van der Waals surface area contributed by atoms with Crippen molar-refractivity contribution in [2.75, 3.05) is 31.5 Å². The van der Waals surface area contributed by atoms with Crippen molar-refractivity contribution in [2.24, 2.45) is 5.41 Å². The second-order valence-electron chi connectivity index (χ2n) is 7.19. The SMILES string of the molecule is C=CC(=O)N1CCN(Cc2ccc(NC(=O)C(C)(C)CC)cc2)CC1. The maximum absolute atomic E-state index is 12.2. The largest absolute Gasteiger partial charge is 0.337 e. The number of carbonyl (C=O) groups excluding carboxylic acids is 2. The predicted molar refractivity (Wildman–Crippen MR) is 101 cm³/mol. The van der Waals surface area contributed by atoms with E-state index in [1.807, 2.05) is 37.8 Å². The third-order valence-electron chi connectivity index (χ3n) is 4.98. The third-order valence-corrected chi connectivity index (χ3v) is 4.98. The first-order valence-electron chi connectivity index (χ1n) is 8.90. The number of anilines is 1. The molecule has 5 nitrogen and oxygen atoms in total. The van der Waals surface area contributed by atoms with Gasteiger partial charge in [-0.15, -0.1) is 0 Å². The fraction of sp³-hybridized carbons (Fsp3) is 0.500. The zero-order chi connectivity index (χ0) is 18.4. The Labute approximate surface area is 150 Å². The molecule has 136 valence electrons. The van der Waals surface area contributed by atoms with Gasteiger partial charge >= 0.3 is 0 Å². The van der Waals surface area contributed by atoms with Gasteiger partial charge in [-0.2, -0.15) is 0 Å². The molecule has 1 saturated heterocycles. The summed E-state index contributed by atoms with van der Waals surface area (Å²) in [5.41, 5.74) is 1.68. The van der Waals surface area contributed by atoms with Crippen molar-refractivity contribution in [3.8, 4) is 0 Å². The molecule has 25 heavy (non-hydrogen) atoms. The highest BCUT2D eigenvalue weighted by molar-refractivity contribution is 5.94. The Balaban J connectivity index is 1.86. The summed E-state index contributed by atoms with van der Waals surface area (Å²) in [5, 5.41) is 2.98. The molecule has 2 amide bonds. The van der Waals surface area contributed by atoms with Gasteiger partial charge in [-0.3, -0.25) is 14.5 Å². The number of carbonyl (C=O) groups is 2. The molecule has 1 N–H and O–H groups in total. The van der Waals surface area contributed by atoms with E-state index in [0.29, 0.717) is 0 Å². The highest BCUT2D eigenvalue weighted by Crippen LogP contribution is 2.22. The topological polar surface area (TPSA) is 52.7 Å². The number of hydrogen-bond acceptors (Lipinski definition) is 3. The van der Waals surface area contributed by atoms with Crippen molar-refractivity contribution >= 4 is 17.5 Å². The molecule has 5 heteroatoms. The quantitative estimate of drug-likeness (QED) is 0.808. The minimum Gasteiger partial charge on any atom is -0.337 e. The lowest BCUT2D eigenvalue weighted by molar-refractivity contribution is -0.127. The molecule has 0 bridgehead atoms. The van der Waals surface area contributed by atoms with E-state index >= 15 is 0 Å². The number of rotatable bonds is 6. The molecule has 0 saturated carbocycles. The Hall–Kier alpha value is -2.14. The molecule has 1 fully saturated rings. The first-order valence-corrected chi connectivity index (χ1v) is 8.90. The van der Waals surface area contributed by atoms with Crippen LogP contribution in [0.1, 0.15) is 32.8 Å². The zero-order valence-corrected chi connectivity index (χ0v) is 15.5. The summed E-state index contributed by atoms with van der Waals surface area (Å²) in [6, 6.07) is 8.01. The summed E-state index contributed by atoms with van der Waals surface area (Å²) >= 11 is 0. The van der Waals surface area contributed by atoms with E-state index in [2.05, 4.69) is 28.9 Å². The minimum absolute atomic E-state index is 0.00903. The Morgan fingerprint density at radius 1 is 1.16 bits per heavy atom. The van der Waals surface area contributed by atoms with Crippen LogP contribution in [0.25, 0.3) is 0 Å². The van der Waals surface area contributed by atoms with E-state index in [-0.39, 0.29) is 17.2 Å². The minimum atomic E-state index is -0.360. The smallest absolute Gasteiger partial charge is 0.246 e. The summed E-state index contributed by atoms with van der Waals surface area (Å²) in [5.74, 6) is 0.0560. The standard InChI is InChI=1S/C20H29N3O2/c1-5-18(24)23-13-11-22(12-14-23)15-16-7-9-17(10-8-16)21-19(25)20(3,4)6-2/h5,7-10H,1,6,11-15H2,2-4H3,(H,21,25). The Kier molecular flexibility index (Phi) is 6.37. The van der Waals surface area contributed by atoms with Crippen LogP contribution in [0.15, 0.2) is 36.9 Å². The van der Waals surface area contributed by atoms with E-state index in [9.17, 15) is 9.59 Å². The third kappa shape index (κ3) is 5.16. The number of hydrogen-bond donors (Lipinski definition) is 1. The lowest BCUT2D eigenvalue weighted by atomic mass is 9.89. The van der Waals surface area contributed by atoms with Gasteiger partial charge < -0.3 is 10.2 Å². The van der Waals surface area contributed by atoms with Crippen LogP contribution >= 0.6 is 0 Å². The van der Waals surface area contributed by atoms with Crippen molar-refractivity contribution in [1.29, 1.82) is 0 Å². The second-order valence-corrected chi connectivity index (χ2v) is 7.19. The Morgan fingerprint density at radius 3 is 2.28 bits per heavy atom. The van der Waals surface area contributed by atoms with Gasteiger partial charge in [0.15, 0.2) is 0 Å². The lowest BCUT2D eigenvalue weighted by Gasteiger charge is -2.34. The van der Waals surface area contributed by atoms with Crippen LogP contribution in [0.3, 0.4) is 0 Å². The molecule has 1 heterocycles.